The second-order valence-corrected chi connectivity index (χ2v) is 9.59. The third kappa shape index (κ3) is 3.95. The Morgan fingerprint density at radius 1 is 1.03 bits per heavy atom. The van der Waals surface area contributed by atoms with Gasteiger partial charge in [0, 0.05) is 18.3 Å². The Balaban J connectivity index is 1.73. The highest BCUT2D eigenvalue weighted by Gasteiger charge is 2.47. The number of benzene rings is 3. The molecule has 2 heterocycles. The van der Waals surface area contributed by atoms with Crippen molar-refractivity contribution in [1.29, 1.82) is 0 Å². The van der Waals surface area contributed by atoms with Crippen molar-refractivity contribution in [2.45, 2.75) is 19.9 Å². The molecule has 2 N–H and O–H groups in total. The first-order chi connectivity index (χ1) is 17.2. The summed E-state index contributed by atoms with van der Waals surface area (Å²) in [5.41, 5.74) is 3.97. The van der Waals surface area contributed by atoms with E-state index in [-0.39, 0.29) is 22.1 Å². The van der Waals surface area contributed by atoms with Crippen LogP contribution >= 0.6 is 11.6 Å². The molecule has 1 unspecified atom stereocenters. The van der Waals surface area contributed by atoms with Crippen LogP contribution in [0, 0.1) is 13.8 Å². The Morgan fingerprint density at radius 3 is 2.44 bits per heavy atom. The zero-order valence-electron chi connectivity index (χ0n) is 20.1. The molecule has 1 atom stereocenters. The Kier molecular flexibility index (Phi) is 5.88. The molecule has 3 aromatic rings. The largest absolute Gasteiger partial charge is 0.507 e. The lowest BCUT2D eigenvalue weighted by molar-refractivity contribution is -0.132. The summed E-state index contributed by atoms with van der Waals surface area (Å²) in [6.07, 6.45) is 0. The van der Waals surface area contributed by atoms with Gasteiger partial charge in [-0.15, -0.1) is 0 Å². The number of phenolic OH excluding ortho intramolecular Hbond substituents is 1. The van der Waals surface area contributed by atoms with Gasteiger partial charge in [0.2, 0.25) is 0 Å². The normalized spacial score (nSPS) is 18.8. The molecule has 1 saturated heterocycles. The number of anilines is 2. The van der Waals surface area contributed by atoms with Crippen LogP contribution < -0.4 is 14.5 Å². The topological polar surface area (TPSA) is 90.3 Å². The lowest BCUT2D eigenvalue weighted by Crippen LogP contribution is -2.29. The smallest absolute Gasteiger partial charge is 0.300 e. The van der Waals surface area contributed by atoms with E-state index in [4.69, 9.17) is 16.3 Å². The highest BCUT2D eigenvalue weighted by Crippen LogP contribution is 2.44. The summed E-state index contributed by atoms with van der Waals surface area (Å²) in [7, 11) is 1.92. The van der Waals surface area contributed by atoms with Crippen molar-refractivity contribution < 1.29 is 24.5 Å². The van der Waals surface area contributed by atoms with Crippen molar-refractivity contribution in [2.75, 3.05) is 30.0 Å². The highest BCUT2D eigenvalue weighted by atomic mass is 35.5. The number of ketones is 1. The molecule has 0 bridgehead atoms. The molecule has 7 nitrogen and oxygen atoms in total. The molecule has 8 heteroatoms. The van der Waals surface area contributed by atoms with Gasteiger partial charge in [-0.2, -0.15) is 0 Å². The minimum Gasteiger partial charge on any atom is -0.507 e. The minimum absolute atomic E-state index is 0.0553. The Bertz CT molecular complexity index is 1430. The van der Waals surface area contributed by atoms with Gasteiger partial charge >= 0.3 is 0 Å². The minimum atomic E-state index is -0.950. The summed E-state index contributed by atoms with van der Waals surface area (Å²) < 4.78 is 5.70. The van der Waals surface area contributed by atoms with Crippen LogP contribution in [0.3, 0.4) is 0 Å². The van der Waals surface area contributed by atoms with Gasteiger partial charge in [-0.25, -0.2) is 0 Å². The number of ether oxygens (including phenoxy) is 1. The molecule has 0 spiro atoms. The number of carbonyl (C=O) groups excluding carboxylic acids is 2. The summed E-state index contributed by atoms with van der Waals surface area (Å²) in [6, 6.07) is 14.3. The van der Waals surface area contributed by atoms with E-state index in [0.29, 0.717) is 35.7 Å². The van der Waals surface area contributed by atoms with Crippen molar-refractivity contribution in [3.63, 3.8) is 0 Å². The molecule has 1 fully saturated rings. The van der Waals surface area contributed by atoms with Crippen LogP contribution in [0.25, 0.3) is 5.76 Å². The number of aliphatic hydroxyl groups excluding tert-OH is 1. The van der Waals surface area contributed by atoms with Gasteiger partial charge < -0.3 is 19.8 Å². The maximum atomic E-state index is 13.4. The summed E-state index contributed by atoms with van der Waals surface area (Å²) >= 11 is 6.21. The maximum absolute atomic E-state index is 13.4. The lowest BCUT2D eigenvalue weighted by atomic mass is 9.94. The number of amides is 1. The monoisotopic (exact) mass is 504 g/mol. The van der Waals surface area contributed by atoms with Gasteiger partial charge in [-0.1, -0.05) is 23.7 Å². The number of fused-ring (bicyclic) bond motifs is 1. The fourth-order valence-corrected chi connectivity index (χ4v) is 5.04. The average molecular weight is 505 g/mol. The Labute approximate surface area is 213 Å². The molecule has 184 valence electrons. The number of Topliss-reactive ketones (excluding diaryl/α,β-unsaturated/α-hetero) is 1. The number of nitrogens with zero attached hydrogens (tertiary/aromatic N) is 2. The van der Waals surface area contributed by atoms with Gasteiger partial charge in [-0.3, -0.25) is 14.5 Å². The van der Waals surface area contributed by atoms with Crippen molar-refractivity contribution in [2.24, 2.45) is 0 Å². The molecule has 1 amide bonds. The quantitative estimate of drug-likeness (QED) is 0.292. The van der Waals surface area contributed by atoms with Gasteiger partial charge in [0.1, 0.15) is 23.9 Å². The number of halogens is 1. The standard InChI is InChI=1S/C28H25ClN2O5/c1-15-10-16(2)12-19(11-15)31-25(17-4-6-22(32)20(29)13-17)24(27(34)28(31)35)26(33)18-5-7-23-21(14-18)30(3)8-9-36-23/h4-7,10-14,25,32-33H,8-9H2,1-3H3/b26-24-. The van der Waals surface area contributed by atoms with Gasteiger partial charge in [0.15, 0.2) is 0 Å². The fourth-order valence-electron chi connectivity index (χ4n) is 4.85. The molecule has 36 heavy (non-hydrogen) atoms. The number of rotatable bonds is 3. The molecule has 0 aliphatic carbocycles. The van der Waals surface area contributed by atoms with Gasteiger partial charge in [-0.05, 0) is 73.0 Å². The molecular weight excluding hydrogens is 480 g/mol. The molecule has 0 aromatic heterocycles. The predicted molar refractivity (Wildman–Crippen MR) is 139 cm³/mol. The number of likely N-dealkylation sites (N-methyl/N-ethyl adjacent to an activating group) is 1. The van der Waals surface area contributed by atoms with E-state index in [0.717, 1.165) is 16.8 Å². The fraction of sp³-hybridized carbons (Fsp3) is 0.214. The van der Waals surface area contributed by atoms with Crippen LogP contribution in [0.15, 0.2) is 60.2 Å². The van der Waals surface area contributed by atoms with E-state index in [2.05, 4.69) is 0 Å². The number of hydrogen-bond acceptors (Lipinski definition) is 6. The number of carbonyl (C=O) groups is 2. The van der Waals surface area contributed by atoms with E-state index < -0.39 is 17.7 Å². The Morgan fingerprint density at radius 2 is 1.75 bits per heavy atom. The molecule has 0 saturated carbocycles. The summed E-state index contributed by atoms with van der Waals surface area (Å²) in [6.45, 7) is 5.05. The van der Waals surface area contributed by atoms with Crippen LogP contribution in [0.4, 0.5) is 11.4 Å². The van der Waals surface area contributed by atoms with Gasteiger partial charge in [0.05, 0.1) is 28.9 Å². The number of aryl methyl sites for hydroxylation is 2. The zero-order chi connectivity index (χ0) is 25.7. The molecule has 3 aromatic carbocycles. The van der Waals surface area contributed by atoms with Crippen LogP contribution in [-0.4, -0.2) is 42.1 Å². The SMILES string of the molecule is Cc1cc(C)cc(N2C(=O)C(=O)/C(=C(\O)c3ccc4c(c3)N(C)CCO4)C2c2ccc(O)c(Cl)c2)c1. The molecule has 5 rings (SSSR count). The summed E-state index contributed by atoms with van der Waals surface area (Å²) in [5, 5.41) is 21.5. The molecule has 2 aliphatic rings. The first-order valence-corrected chi connectivity index (χ1v) is 11.9. The van der Waals surface area contributed by atoms with Crippen LogP contribution in [-0.2, 0) is 9.59 Å². The number of hydrogen-bond donors (Lipinski definition) is 2. The van der Waals surface area contributed by atoms with Crippen molar-refractivity contribution in [1.82, 2.24) is 0 Å². The van der Waals surface area contributed by atoms with E-state index in [1.54, 1.807) is 24.3 Å². The molecular formula is C28H25ClN2O5. The molecule has 0 radical (unpaired) electrons. The summed E-state index contributed by atoms with van der Waals surface area (Å²) in [5.74, 6) is -1.30. The molecule has 2 aliphatic heterocycles. The third-order valence-electron chi connectivity index (χ3n) is 6.54. The average Bonchev–Trinajstić information content (AvgIpc) is 3.10. The van der Waals surface area contributed by atoms with Crippen LogP contribution in [0.1, 0.15) is 28.3 Å². The summed E-state index contributed by atoms with van der Waals surface area (Å²) in [4.78, 5) is 30.2. The third-order valence-corrected chi connectivity index (χ3v) is 6.85. The van der Waals surface area contributed by atoms with E-state index >= 15 is 0 Å². The number of aliphatic hydroxyl groups is 1. The lowest BCUT2D eigenvalue weighted by Gasteiger charge is -2.28. The second kappa shape index (κ2) is 8.91. The Hall–Kier alpha value is -3.97. The van der Waals surface area contributed by atoms with E-state index in [1.165, 1.54) is 17.0 Å². The van der Waals surface area contributed by atoms with Crippen molar-refractivity contribution >= 4 is 40.4 Å². The van der Waals surface area contributed by atoms with Crippen molar-refractivity contribution in [3.8, 4) is 11.5 Å². The first kappa shape index (κ1) is 23.8. The first-order valence-electron chi connectivity index (χ1n) is 11.5. The maximum Gasteiger partial charge on any atom is 0.300 e. The zero-order valence-corrected chi connectivity index (χ0v) is 20.8. The predicted octanol–water partition coefficient (Wildman–Crippen LogP) is 5.12. The van der Waals surface area contributed by atoms with Crippen molar-refractivity contribution in [3.05, 3.63) is 87.4 Å². The number of aromatic hydroxyl groups is 1. The number of phenols is 1. The highest BCUT2D eigenvalue weighted by molar-refractivity contribution is 6.51. The van der Waals surface area contributed by atoms with Crippen LogP contribution in [0.2, 0.25) is 5.02 Å². The van der Waals surface area contributed by atoms with E-state index in [9.17, 15) is 19.8 Å². The van der Waals surface area contributed by atoms with Crippen LogP contribution in [0.5, 0.6) is 11.5 Å². The van der Waals surface area contributed by atoms with E-state index in [1.807, 2.05) is 44.0 Å². The van der Waals surface area contributed by atoms with Gasteiger partial charge in [0.25, 0.3) is 11.7 Å². The second-order valence-electron chi connectivity index (χ2n) is 9.18.